The monoisotopic (exact) mass is 282 g/mol. The van der Waals surface area contributed by atoms with E-state index in [0.717, 1.165) is 0 Å². The molecule has 0 aliphatic carbocycles. The summed E-state index contributed by atoms with van der Waals surface area (Å²) in [5, 5.41) is 0. The Morgan fingerprint density at radius 1 is 1.44 bits per heavy atom. The lowest BCUT2D eigenvalue weighted by molar-refractivity contribution is 0.0170. The Hall–Kier alpha value is -0.0200. The fraction of sp³-hybridized carbons (Fsp3) is 1.00. The molecular weight excluding hydrogens is 266 g/mol. The molecule has 5 nitrogen and oxygen atoms in total. The number of rotatable bonds is 8. The number of alkyl halides is 2. The van der Waals surface area contributed by atoms with Gasteiger partial charge in [-0.1, -0.05) is 0 Å². The van der Waals surface area contributed by atoms with Gasteiger partial charge in [0.1, 0.15) is 0 Å². The van der Waals surface area contributed by atoms with E-state index in [1.54, 1.807) is 4.72 Å². The van der Waals surface area contributed by atoms with Crippen LogP contribution >= 0.6 is 12.4 Å². The van der Waals surface area contributed by atoms with Crippen molar-refractivity contribution in [3.63, 3.8) is 0 Å². The predicted molar refractivity (Wildman–Crippen MR) is 59.5 cm³/mol. The third-order valence-corrected chi connectivity index (χ3v) is 3.02. The van der Waals surface area contributed by atoms with Crippen molar-refractivity contribution in [1.29, 1.82) is 0 Å². The average Bonchev–Trinajstić information content (AvgIpc) is 2.16. The summed E-state index contributed by atoms with van der Waals surface area (Å²) in [5.74, 6) is -3.43. The molecular formula is C7H17ClF2N2O3S. The zero-order chi connectivity index (χ0) is 11.9. The summed E-state index contributed by atoms with van der Waals surface area (Å²) in [5.41, 5.74) is 4.75. The van der Waals surface area contributed by atoms with Gasteiger partial charge in [-0.15, -0.1) is 12.4 Å². The number of nitrogens with one attached hydrogen (secondary N) is 1. The molecule has 0 saturated heterocycles. The third-order valence-electron chi connectivity index (χ3n) is 1.61. The van der Waals surface area contributed by atoms with E-state index in [9.17, 15) is 17.2 Å². The first-order chi connectivity index (χ1) is 6.83. The van der Waals surface area contributed by atoms with Crippen LogP contribution < -0.4 is 10.5 Å². The summed E-state index contributed by atoms with van der Waals surface area (Å²) in [6, 6.07) is 0. The smallest absolute Gasteiger partial charge is 0.273 e. The van der Waals surface area contributed by atoms with Crippen molar-refractivity contribution in [2.24, 2.45) is 5.73 Å². The van der Waals surface area contributed by atoms with Crippen LogP contribution in [0.25, 0.3) is 0 Å². The number of methoxy groups -OCH3 is 1. The number of ether oxygens (including phenoxy) is 1. The second-order valence-electron chi connectivity index (χ2n) is 3.05. The number of hydrogen-bond donors (Lipinski definition) is 2. The molecule has 0 fully saturated rings. The molecule has 3 N–H and O–H groups in total. The lowest BCUT2D eigenvalue weighted by Gasteiger charge is -2.14. The Labute approximate surface area is 100 Å². The predicted octanol–water partition coefficient (Wildman–Crippen LogP) is -0.0419. The molecule has 0 atom stereocenters. The van der Waals surface area contributed by atoms with Gasteiger partial charge in [-0.25, -0.2) is 21.9 Å². The largest absolute Gasteiger partial charge is 0.385 e. The summed E-state index contributed by atoms with van der Waals surface area (Å²) in [6.07, 6.45) is 0.264. The highest BCUT2D eigenvalue weighted by molar-refractivity contribution is 7.89. The molecule has 9 heteroatoms. The van der Waals surface area contributed by atoms with Crippen LogP contribution in [0.3, 0.4) is 0 Å². The average molecular weight is 283 g/mol. The van der Waals surface area contributed by atoms with Crippen LogP contribution in [0.2, 0.25) is 0 Å². The van der Waals surface area contributed by atoms with Crippen molar-refractivity contribution in [3.05, 3.63) is 0 Å². The van der Waals surface area contributed by atoms with E-state index in [0.29, 0.717) is 0 Å². The summed E-state index contributed by atoms with van der Waals surface area (Å²) >= 11 is 0. The number of nitrogens with two attached hydrogens (primary N) is 1. The lowest BCUT2D eigenvalue weighted by Crippen LogP contribution is -2.42. The summed E-state index contributed by atoms with van der Waals surface area (Å²) < 4.78 is 53.9. The van der Waals surface area contributed by atoms with Gasteiger partial charge in [0.05, 0.1) is 18.8 Å². The van der Waals surface area contributed by atoms with Crippen molar-refractivity contribution < 1.29 is 21.9 Å². The highest BCUT2D eigenvalue weighted by Gasteiger charge is 2.28. The van der Waals surface area contributed by atoms with Crippen LogP contribution in [0.1, 0.15) is 6.42 Å². The number of sulfonamides is 1. The van der Waals surface area contributed by atoms with E-state index < -0.39 is 29.0 Å². The molecule has 16 heavy (non-hydrogen) atoms. The van der Waals surface area contributed by atoms with Gasteiger partial charge in [0.15, 0.2) is 0 Å². The Bertz CT molecular complexity index is 275. The third kappa shape index (κ3) is 9.22. The quantitative estimate of drug-likeness (QED) is 0.612. The van der Waals surface area contributed by atoms with Gasteiger partial charge in [0, 0.05) is 13.7 Å². The number of halogens is 3. The zero-order valence-electron chi connectivity index (χ0n) is 8.91. The number of hydrogen-bond acceptors (Lipinski definition) is 4. The van der Waals surface area contributed by atoms with Gasteiger partial charge in [-0.3, -0.25) is 0 Å². The highest BCUT2D eigenvalue weighted by Crippen LogP contribution is 2.09. The fourth-order valence-electron chi connectivity index (χ4n) is 0.753. The second-order valence-corrected chi connectivity index (χ2v) is 4.97. The van der Waals surface area contributed by atoms with Crippen LogP contribution in [0.5, 0.6) is 0 Å². The van der Waals surface area contributed by atoms with Crippen LogP contribution in [0.15, 0.2) is 0 Å². The van der Waals surface area contributed by atoms with Gasteiger partial charge >= 0.3 is 0 Å². The van der Waals surface area contributed by atoms with Crippen LogP contribution in [-0.2, 0) is 14.8 Å². The van der Waals surface area contributed by atoms with Crippen LogP contribution in [0, 0.1) is 0 Å². The van der Waals surface area contributed by atoms with Crippen molar-refractivity contribution in [3.8, 4) is 0 Å². The van der Waals surface area contributed by atoms with Crippen LogP contribution in [-0.4, -0.2) is 46.9 Å². The molecule has 0 saturated carbocycles. The first-order valence-electron chi connectivity index (χ1n) is 4.37. The molecule has 0 spiro atoms. The molecule has 0 aliphatic rings. The lowest BCUT2D eigenvalue weighted by atomic mass is 10.3. The SMILES string of the molecule is COCCCS(=O)(=O)NCC(F)(F)CN.Cl. The van der Waals surface area contributed by atoms with E-state index in [2.05, 4.69) is 4.74 Å². The normalized spacial score (nSPS) is 12.2. The molecule has 0 aromatic heterocycles. The van der Waals surface area contributed by atoms with Crippen molar-refractivity contribution in [2.75, 3.05) is 32.6 Å². The van der Waals surface area contributed by atoms with Crippen molar-refractivity contribution in [2.45, 2.75) is 12.3 Å². The maximum absolute atomic E-state index is 12.6. The minimum atomic E-state index is -3.66. The van der Waals surface area contributed by atoms with E-state index in [1.807, 2.05) is 0 Å². The molecule has 0 aromatic carbocycles. The minimum Gasteiger partial charge on any atom is -0.385 e. The molecule has 0 rings (SSSR count). The summed E-state index contributed by atoms with van der Waals surface area (Å²) in [4.78, 5) is 0. The molecule has 0 amide bonds. The maximum atomic E-state index is 12.6. The Kier molecular flexibility index (Phi) is 9.32. The minimum absolute atomic E-state index is 0. The van der Waals surface area contributed by atoms with Crippen molar-refractivity contribution in [1.82, 2.24) is 4.72 Å². The van der Waals surface area contributed by atoms with Crippen LogP contribution in [0.4, 0.5) is 8.78 Å². The topological polar surface area (TPSA) is 81.4 Å². The Morgan fingerprint density at radius 2 is 2.00 bits per heavy atom. The van der Waals surface area contributed by atoms with Gasteiger partial charge < -0.3 is 10.5 Å². The molecule has 0 radical (unpaired) electrons. The molecule has 100 valence electrons. The summed E-state index contributed by atoms with van der Waals surface area (Å²) in [7, 11) is -2.23. The first kappa shape index (κ1) is 18.3. The van der Waals surface area contributed by atoms with E-state index >= 15 is 0 Å². The standard InChI is InChI=1S/C7H16F2N2O3S.ClH/c1-14-3-2-4-15(12,13)11-6-7(8,9)5-10;/h11H,2-6,10H2,1H3;1H. The molecule has 0 aromatic rings. The molecule has 0 aliphatic heterocycles. The fourth-order valence-corrected chi connectivity index (χ4v) is 1.83. The van der Waals surface area contributed by atoms with Gasteiger partial charge in [0.25, 0.3) is 5.92 Å². The molecule has 0 heterocycles. The van der Waals surface area contributed by atoms with Gasteiger partial charge in [0.2, 0.25) is 10.0 Å². The van der Waals surface area contributed by atoms with E-state index in [1.165, 1.54) is 7.11 Å². The maximum Gasteiger partial charge on any atom is 0.273 e. The van der Waals surface area contributed by atoms with Gasteiger partial charge in [-0.2, -0.15) is 0 Å². The Morgan fingerprint density at radius 3 is 2.44 bits per heavy atom. The molecule has 0 bridgehead atoms. The molecule has 0 unspecified atom stereocenters. The van der Waals surface area contributed by atoms with E-state index in [-0.39, 0.29) is 31.2 Å². The second kappa shape index (κ2) is 8.13. The van der Waals surface area contributed by atoms with E-state index in [4.69, 9.17) is 5.73 Å². The highest BCUT2D eigenvalue weighted by atomic mass is 35.5. The van der Waals surface area contributed by atoms with Gasteiger partial charge in [-0.05, 0) is 6.42 Å². The first-order valence-corrected chi connectivity index (χ1v) is 6.02. The zero-order valence-corrected chi connectivity index (χ0v) is 10.5. The van der Waals surface area contributed by atoms with Crippen molar-refractivity contribution >= 4 is 22.4 Å². The summed E-state index contributed by atoms with van der Waals surface area (Å²) in [6.45, 7) is -1.57. The Balaban J connectivity index is 0.